The molecule has 2 amide bonds. The number of amides is 2. The molecular formula is C33H25N3O4. The number of para-hydroxylation sites is 2. The van der Waals surface area contributed by atoms with Gasteiger partial charge in [-0.25, -0.2) is 4.90 Å². The molecule has 7 heteroatoms. The fourth-order valence-corrected chi connectivity index (χ4v) is 7.22. The van der Waals surface area contributed by atoms with Gasteiger partial charge in [0.25, 0.3) is 5.69 Å². The van der Waals surface area contributed by atoms with E-state index >= 15 is 0 Å². The molecular weight excluding hydrogens is 502 g/mol. The van der Waals surface area contributed by atoms with Crippen LogP contribution in [0.1, 0.15) is 39.3 Å². The maximum Gasteiger partial charge on any atom is 0.293 e. The number of rotatable bonds is 4. The molecule has 196 valence electrons. The van der Waals surface area contributed by atoms with Gasteiger partial charge in [0.05, 0.1) is 27.9 Å². The lowest BCUT2D eigenvalue weighted by atomic mass is 9.47. The molecule has 4 aromatic rings. The minimum atomic E-state index is -1.03. The summed E-state index contributed by atoms with van der Waals surface area (Å²) in [7, 11) is 0. The van der Waals surface area contributed by atoms with Gasteiger partial charge < -0.3 is 0 Å². The Morgan fingerprint density at radius 1 is 0.850 bits per heavy atom. The van der Waals surface area contributed by atoms with Crippen LogP contribution in [0.25, 0.3) is 0 Å². The molecule has 3 aliphatic carbocycles. The number of imide groups is 1. The van der Waals surface area contributed by atoms with E-state index in [0.29, 0.717) is 0 Å². The van der Waals surface area contributed by atoms with E-state index in [4.69, 9.17) is 4.99 Å². The first kappa shape index (κ1) is 24.2. The fourth-order valence-electron chi connectivity index (χ4n) is 7.22. The van der Waals surface area contributed by atoms with Crippen LogP contribution in [-0.2, 0) is 15.0 Å². The highest BCUT2D eigenvalue weighted by Gasteiger charge is 2.68. The number of benzene rings is 4. The molecule has 40 heavy (non-hydrogen) atoms. The molecule has 1 heterocycles. The Bertz CT molecular complexity index is 1740. The summed E-state index contributed by atoms with van der Waals surface area (Å²) in [6, 6.07) is 27.9. The summed E-state index contributed by atoms with van der Waals surface area (Å²) in [6.07, 6.45) is 1.85. The number of nitro benzene ring substituents is 1. The van der Waals surface area contributed by atoms with Crippen LogP contribution in [0.2, 0.25) is 0 Å². The lowest BCUT2D eigenvalue weighted by Crippen LogP contribution is -2.54. The summed E-state index contributed by atoms with van der Waals surface area (Å²) < 4.78 is 0. The number of nitrogens with zero attached hydrogens (tertiary/aromatic N) is 3. The van der Waals surface area contributed by atoms with Crippen molar-refractivity contribution in [2.75, 3.05) is 4.90 Å². The highest BCUT2D eigenvalue weighted by Crippen LogP contribution is 2.64. The number of carbonyl (C=O) groups is 2. The summed E-state index contributed by atoms with van der Waals surface area (Å²) in [5.74, 6) is -2.72. The van der Waals surface area contributed by atoms with Crippen LogP contribution < -0.4 is 4.90 Å². The summed E-state index contributed by atoms with van der Waals surface area (Å²) in [4.78, 5) is 46.2. The average Bonchev–Trinajstić information content (AvgIpc) is 3.23. The van der Waals surface area contributed by atoms with E-state index in [1.165, 1.54) is 18.2 Å². The molecule has 4 aliphatic rings. The van der Waals surface area contributed by atoms with E-state index in [1.807, 2.05) is 80.7 Å². The smallest absolute Gasteiger partial charge is 0.274 e. The number of aliphatic imine (C=N–C) groups is 1. The number of carbonyl (C=O) groups excluding carboxylic acids is 2. The first-order chi connectivity index (χ1) is 19.3. The number of anilines is 1. The van der Waals surface area contributed by atoms with E-state index < -0.39 is 34.0 Å². The molecule has 0 radical (unpaired) electrons. The maximum atomic E-state index is 14.5. The van der Waals surface area contributed by atoms with Crippen molar-refractivity contribution >= 4 is 35.1 Å². The zero-order valence-corrected chi connectivity index (χ0v) is 21.9. The molecule has 0 spiro atoms. The van der Waals surface area contributed by atoms with Crippen LogP contribution in [0.4, 0.5) is 17.1 Å². The van der Waals surface area contributed by atoms with Crippen molar-refractivity contribution in [3.8, 4) is 0 Å². The Balaban J connectivity index is 1.51. The summed E-state index contributed by atoms with van der Waals surface area (Å²) >= 11 is 0. The fraction of sp³-hybridized carbons (Fsp3) is 0.182. The SMILES string of the molecule is Cc1ccc(N=CC23c4ccccc4C(c4ccccc42)[C@@H]2C(=O)N(c4ccccc4[N+](=O)[O-])C(=O)[C@H]23)c(C)c1. The van der Waals surface area contributed by atoms with Crippen molar-refractivity contribution in [2.45, 2.75) is 25.2 Å². The molecule has 1 fully saturated rings. The first-order valence-corrected chi connectivity index (χ1v) is 13.3. The second-order valence-electron chi connectivity index (χ2n) is 10.8. The van der Waals surface area contributed by atoms with Crippen molar-refractivity contribution in [3.05, 3.63) is 134 Å². The van der Waals surface area contributed by atoms with Gasteiger partial charge in [-0.05, 0) is 53.8 Å². The third-order valence-electron chi connectivity index (χ3n) is 8.76. The van der Waals surface area contributed by atoms with Crippen molar-refractivity contribution in [2.24, 2.45) is 16.8 Å². The molecule has 2 atom stereocenters. The van der Waals surface area contributed by atoms with Crippen LogP contribution in [0.3, 0.4) is 0 Å². The molecule has 0 unspecified atom stereocenters. The van der Waals surface area contributed by atoms with Gasteiger partial charge >= 0.3 is 0 Å². The van der Waals surface area contributed by atoms with Gasteiger partial charge in [0, 0.05) is 18.2 Å². The topological polar surface area (TPSA) is 92.9 Å². The number of hydrogen-bond donors (Lipinski definition) is 0. The minimum Gasteiger partial charge on any atom is -0.274 e. The maximum absolute atomic E-state index is 14.5. The molecule has 0 saturated carbocycles. The highest BCUT2D eigenvalue weighted by molar-refractivity contribution is 6.25. The molecule has 2 bridgehead atoms. The predicted molar refractivity (Wildman–Crippen MR) is 152 cm³/mol. The predicted octanol–water partition coefficient (Wildman–Crippen LogP) is 6.16. The molecule has 1 aliphatic heterocycles. The van der Waals surface area contributed by atoms with Crippen molar-refractivity contribution in [1.82, 2.24) is 0 Å². The van der Waals surface area contributed by atoms with E-state index in [9.17, 15) is 19.7 Å². The highest BCUT2D eigenvalue weighted by atomic mass is 16.6. The van der Waals surface area contributed by atoms with Crippen LogP contribution in [0.15, 0.2) is 96.0 Å². The molecule has 7 nitrogen and oxygen atoms in total. The standard InChI is InChI=1S/C33H25N3O4/c1-19-15-16-25(20(2)17-19)34-18-33-23-11-5-3-9-21(23)28(22-10-4-6-12-24(22)33)29-30(33)32(38)35(31(29)37)26-13-7-8-14-27(26)36(39)40/h3-18,28-30H,1-2H3/t28?,29-,30-,33?/m0/s1. The first-order valence-electron chi connectivity index (χ1n) is 13.3. The summed E-state index contributed by atoms with van der Waals surface area (Å²) in [5, 5.41) is 11.9. The van der Waals surface area contributed by atoms with Gasteiger partial charge in [-0.15, -0.1) is 0 Å². The van der Waals surface area contributed by atoms with Gasteiger partial charge in [-0.3, -0.25) is 24.7 Å². The van der Waals surface area contributed by atoms with Gasteiger partial charge in [0.2, 0.25) is 11.8 Å². The van der Waals surface area contributed by atoms with Crippen LogP contribution in [-0.4, -0.2) is 23.0 Å². The number of aryl methyl sites for hydroxylation is 2. The lowest BCUT2D eigenvalue weighted by Gasteiger charge is -2.52. The zero-order valence-electron chi connectivity index (χ0n) is 21.9. The summed E-state index contributed by atoms with van der Waals surface area (Å²) in [5.41, 5.74) is 5.47. The Morgan fingerprint density at radius 3 is 2.12 bits per heavy atom. The van der Waals surface area contributed by atoms with Gasteiger partial charge in [0.15, 0.2) is 0 Å². The van der Waals surface area contributed by atoms with Gasteiger partial charge in [-0.1, -0.05) is 78.4 Å². The molecule has 0 aromatic heterocycles. The average molecular weight is 528 g/mol. The second-order valence-corrected chi connectivity index (χ2v) is 10.8. The van der Waals surface area contributed by atoms with Gasteiger partial charge in [0.1, 0.15) is 5.69 Å². The van der Waals surface area contributed by atoms with E-state index in [1.54, 1.807) is 6.07 Å². The Kier molecular flexibility index (Phi) is 5.16. The number of nitro groups is 1. The van der Waals surface area contributed by atoms with E-state index in [-0.39, 0.29) is 17.3 Å². The molecule has 1 saturated heterocycles. The normalized spacial score (nSPS) is 24.2. The minimum absolute atomic E-state index is 0.00544. The van der Waals surface area contributed by atoms with Crippen molar-refractivity contribution in [1.29, 1.82) is 0 Å². The molecule has 0 N–H and O–H groups in total. The molecule has 8 rings (SSSR count). The number of hydrogen-bond acceptors (Lipinski definition) is 5. The summed E-state index contributed by atoms with van der Waals surface area (Å²) in [6.45, 7) is 4.03. The van der Waals surface area contributed by atoms with Gasteiger partial charge in [-0.2, -0.15) is 0 Å². The largest absolute Gasteiger partial charge is 0.293 e. The lowest BCUT2D eigenvalue weighted by molar-refractivity contribution is -0.384. The van der Waals surface area contributed by atoms with Crippen molar-refractivity contribution < 1.29 is 14.5 Å². The Labute approximate surface area is 231 Å². The molecule has 4 aromatic carbocycles. The Morgan fingerprint density at radius 2 is 1.48 bits per heavy atom. The van der Waals surface area contributed by atoms with Crippen molar-refractivity contribution in [3.63, 3.8) is 0 Å². The van der Waals surface area contributed by atoms with Crippen LogP contribution >= 0.6 is 0 Å². The monoisotopic (exact) mass is 527 g/mol. The van der Waals surface area contributed by atoms with E-state index in [2.05, 4.69) is 6.07 Å². The van der Waals surface area contributed by atoms with Crippen LogP contribution in [0, 0.1) is 35.8 Å². The van der Waals surface area contributed by atoms with Crippen LogP contribution in [0.5, 0.6) is 0 Å². The third kappa shape index (κ3) is 3.09. The zero-order chi connectivity index (χ0) is 27.8. The second kappa shape index (κ2) is 8.55. The Hall–Kier alpha value is -4.91. The quantitative estimate of drug-likeness (QED) is 0.137. The van der Waals surface area contributed by atoms with E-state index in [0.717, 1.165) is 44.0 Å². The third-order valence-corrected chi connectivity index (χ3v) is 8.76.